The fraction of sp³-hybridized carbons (Fsp3) is 0.308. The topological polar surface area (TPSA) is 21.6 Å². The first-order chi connectivity index (χ1) is 7.20. The fourth-order valence-electron chi connectivity index (χ4n) is 1.79. The Labute approximate surface area is 90.3 Å². The average molecular weight is 201 g/mol. The molecule has 0 fully saturated rings. The van der Waals surface area contributed by atoms with Gasteiger partial charge in [0.05, 0.1) is 12.8 Å². The average Bonchev–Trinajstić information content (AvgIpc) is 2.65. The van der Waals surface area contributed by atoms with E-state index < -0.39 is 0 Å². The number of ether oxygens (including phenoxy) is 1. The maximum Gasteiger partial charge on any atom is 0.121 e. The molecule has 2 nitrogen and oxygen atoms in total. The van der Waals surface area contributed by atoms with Gasteiger partial charge in [-0.15, -0.1) is 0 Å². The van der Waals surface area contributed by atoms with Crippen molar-refractivity contribution in [2.75, 3.05) is 7.11 Å². The summed E-state index contributed by atoms with van der Waals surface area (Å²) in [5.41, 5.74) is 4.61. The van der Waals surface area contributed by atoms with Gasteiger partial charge in [0.1, 0.15) is 5.75 Å². The fourth-order valence-corrected chi connectivity index (χ4v) is 1.79. The zero-order valence-corrected chi connectivity index (χ0v) is 9.37. The van der Waals surface area contributed by atoms with Crippen LogP contribution in [0.1, 0.15) is 24.5 Å². The van der Waals surface area contributed by atoms with Crippen molar-refractivity contribution < 1.29 is 4.74 Å². The maximum absolute atomic E-state index is 5.23. The van der Waals surface area contributed by atoms with E-state index in [1.165, 1.54) is 5.56 Å². The molecule has 0 bridgehead atoms. The van der Waals surface area contributed by atoms with Crippen LogP contribution in [0.5, 0.6) is 5.75 Å². The van der Waals surface area contributed by atoms with Crippen molar-refractivity contribution in [3.05, 3.63) is 41.1 Å². The molecule has 0 saturated heterocycles. The van der Waals surface area contributed by atoms with Crippen LogP contribution in [-0.2, 0) is 0 Å². The lowest BCUT2D eigenvalue weighted by atomic mass is 10.1. The van der Waals surface area contributed by atoms with Crippen LogP contribution in [0.4, 0.5) is 0 Å². The zero-order chi connectivity index (χ0) is 10.8. The molecule has 0 radical (unpaired) electrons. The quantitative estimate of drug-likeness (QED) is 0.720. The van der Waals surface area contributed by atoms with Crippen molar-refractivity contribution in [3.63, 3.8) is 0 Å². The van der Waals surface area contributed by atoms with E-state index in [9.17, 15) is 0 Å². The monoisotopic (exact) mass is 201 g/mol. The Kier molecular flexibility index (Phi) is 2.58. The van der Waals surface area contributed by atoms with E-state index in [0.717, 1.165) is 29.1 Å². The van der Waals surface area contributed by atoms with E-state index >= 15 is 0 Å². The smallest absolute Gasteiger partial charge is 0.121 e. The molecule has 0 saturated carbocycles. The SMILES string of the molecule is COc1ccc(C2=NC(C)=CC2)cc1C. The van der Waals surface area contributed by atoms with Gasteiger partial charge in [0, 0.05) is 12.1 Å². The molecule has 1 aromatic carbocycles. The second-order valence-electron chi connectivity index (χ2n) is 3.79. The second-order valence-corrected chi connectivity index (χ2v) is 3.79. The van der Waals surface area contributed by atoms with E-state index in [0.29, 0.717) is 0 Å². The first-order valence-electron chi connectivity index (χ1n) is 5.10. The van der Waals surface area contributed by atoms with Crippen LogP contribution >= 0.6 is 0 Å². The number of aliphatic imine (C=N–C) groups is 1. The molecular formula is C13H15NO. The first kappa shape index (κ1) is 9.97. The summed E-state index contributed by atoms with van der Waals surface area (Å²) in [7, 11) is 1.70. The molecule has 15 heavy (non-hydrogen) atoms. The highest BCUT2D eigenvalue weighted by atomic mass is 16.5. The van der Waals surface area contributed by atoms with E-state index in [1.807, 2.05) is 13.0 Å². The van der Waals surface area contributed by atoms with Crippen LogP contribution < -0.4 is 4.74 Å². The van der Waals surface area contributed by atoms with E-state index in [4.69, 9.17) is 4.74 Å². The third-order valence-electron chi connectivity index (χ3n) is 2.63. The first-order valence-corrected chi connectivity index (χ1v) is 5.10. The number of aryl methyl sites for hydroxylation is 1. The molecule has 1 aliphatic heterocycles. The Bertz CT molecular complexity index is 444. The normalized spacial score (nSPS) is 14.9. The number of rotatable bonds is 2. The minimum Gasteiger partial charge on any atom is -0.496 e. The van der Waals surface area contributed by atoms with Crippen LogP contribution in [0.3, 0.4) is 0 Å². The Hall–Kier alpha value is -1.57. The molecule has 78 valence electrons. The largest absolute Gasteiger partial charge is 0.496 e. The van der Waals surface area contributed by atoms with Gasteiger partial charge in [-0.2, -0.15) is 0 Å². The summed E-state index contributed by atoms with van der Waals surface area (Å²) in [6, 6.07) is 6.20. The third kappa shape index (κ3) is 1.94. The number of benzene rings is 1. The van der Waals surface area contributed by atoms with Crippen molar-refractivity contribution in [2.24, 2.45) is 4.99 Å². The molecule has 0 N–H and O–H groups in total. The summed E-state index contributed by atoms with van der Waals surface area (Å²) in [5.74, 6) is 0.932. The Morgan fingerprint density at radius 3 is 2.60 bits per heavy atom. The Morgan fingerprint density at radius 2 is 2.07 bits per heavy atom. The summed E-state index contributed by atoms with van der Waals surface area (Å²) >= 11 is 0. The molecule has 1 aliphatic rings. The van der Waals surface area contributed by atoms with Gasteiger partial charge < -0.3 is 4.74 Å². The number of allylic oxidation sites excluding steroid dienone is 2. The van der Waals surface area contributed by atoms with Gasteiger partial charge in [0.15, 0.2) is 0 Å². The predicted molar refractivity (Wildman–Crippen MR) is 62.6 cm³/mol. The highest BCUT2D eigenvalue weighted by Gasteiger charge is 2.09. The van der Waals surface area contributed by atoms with E-state index in [-0.39, 0.29) is 0 Å². The molecule has 0 aromatic heterocycles. The molecule has 2 rings (SSSR count). The highest BCUT2D eigenvalue weighted by molar-refractivity contribution is 6.03. The van der Waals surface area contributed by atoms with E-state index in [1.54, 1.807) is 7.11 Å². The second kappa shape index (κ2) is 3.89. The molecule has 2 heteroatoms. The van der Waals surface area contributed by atoms with Gasteiger partial charge in [-0.05, 0) is 43.2 Å². The van der Waals surface area contributed by atoms with Gasteiger partial charge >= 0.3 is 0 Å². The molecule has 0 unspecified atom stereocenters. The Morgan fingerprint density at radius 1 is 1.27 bits per heavy atom. The lowest BCUT2D eigenvalue weighted by Gasteiger charge is -2.07. The van der Waals surface area contributed by atoms with Crippen LogP contribution in [0.25, 0.3) is 0 Å². The van der Waals surface area contributed by atoms with E-state index in [2.05, 4.69) is 30.1 Å². The molecule has 0 amide bonds. The molecule has 1 heterocycles. The summed E-state index contributed by atoms with van der Waals surface area (Å²) in [6.45, 7) is 4.08. The van der Waals surface area contributed by atoms with Gasteiger partial charge in [-0.25, -0.2) is 0 Å². The van der Waals surface area contributed by atoms with Crippen LogP contribution in [0.2, 0.25) is 0 Å². The summed E-state index contributed by atoms with van der Waals surface area (Å²) in [5, 5.41) is 0. The van der Waals surface area contributed by atoms with Crippen LogP contribution in [-0.4, -0.2) is 12.8 Å². The molecule has 0 aliphatic carbocycles. The van der Waals surface area contributed by atoms with Crippen LogP contribution in [0, 0.1) is 6.92 Å². The van der Waals surface area contributed by atoms with Crippen molar-refractivity contribution in [1.29, 1.82) is 0 Å². The van der Waals surface area contributed by atoms with Crippen molar-refractivity contribution in [3.8, 4) is 5.75 Å². The lowest BCUT2D eigenvalue weighted by molar-refractivity contribution is 0.411. The van der Waals surface area contributed by atoms with Gasteiger partial charge in [0.25, 0.3) is 0 Å². The van der Waals surface area contributed by atoms with Crippen molar-refractivity contribution in [2.45, 2.75) is 20.3 Å². The van der Waals surface area contributed by atoms with Gasteiger partial charge in [-0.1, -0.05) is 6.08 Å². The van der Waals surface area contributed by atoms with Gasteiger partial charge in [-0.3, -0.25) is 4.99 Å². The molecule has 0 spiro atoms. The number of hydrogen-bond acceptors (Lipinski definition) is 2. The van der Waals surface area contributed by atoms with Crippen molar-refractivity contribution >= 4 is 5.71 Å². The third-order valence-corrected chi connectivity index (χ3v) is 2.63. The number of nitrogens with zero attached hydrogens (tertiary/aromatic N) is 1. The van der Waals surface area contributed by atoms with Gasteiger partial charge in [0.2, 0.25) is 0 Å². The number of hydrogen-bond donors (Lipinski definition) is 0. The number of methoxy groups -OCH3 is 1. The maximum atomic E-state index is 5.23. The minimum atomic E-state index is 0.932. The van der Waals surface area contributed by atoms with Crippen molar-refractivity contribution in [1.82, 2.24) is 0 Å². The molecule has 0 atom stereocenters. The minimum absolute atomic E-state index is 0.932. The molecule has 1 aromatic rings. The lowest BCUT2D eigenvalue weighted by Crippen LogP contribution is -1.98. The highest BCUT2D eigenvalue weighted by Crippen LogP contribution is 2.22. The zero-order valence-electron chi connectivity index (χ0n) is 9.37. The molecular weight excluding hydrogens is 186 g/mol. The summed E-state index contributed by atoms with van der Waals surface area (Å²) < 4.78 is 5.23. The summed E-state index contributed by atoms with van der Waals surface area (Å²) in [6.07, 6.45) is 3.09. The predicted octanol–water partition coefficient (Wildman–Crippen LogP) is 3.10. The standard InChI is InChI=1S/C13H15NO/c1-9-8-11(5-7-13(9)15-3)12-6-4-10(2)14-12/h4-5,7-8H,6H2,1-3H3. The summed E-state index contributed by atoms with van der Waals surface area (Å²) in [4.78, 5) is 4.49. The van der Waals surface area contributed by atoms with Crippen LogP contribution in [0.15, 0.2) is 35.0 Å². The Balaban J connectivity index is 2.32.